The van der Waals surface area contributed by atoms with Gasteiger partial charge in [0.2, 0.25) is 5.91 Å². The Morgan fingerprint density at radius 3 is 2.25 bits per heavy atom. The van der Waals surface area contributed by atoms with Gasteiger partial charge in [-0.25, -0.2) is 0 Å². The van der Waals surface area contributed by atoms with Crippen molar-refractivity contribution in [3.8, 4) is 0 Å². The third-order valence-electron chi connectivity index (χ3n) is 6.13. The molecule has 2 aliphatic rings. The summed E-state index contributed by atoms with van der Waals surface area (Å²) in [5, 5.41) is 0. The van der Waals surface area contributed by atoms with Crippen LogP contribution in [0.1, 0.15) is 35.7 Å². The number of halogens is 3. The summed E-state index contributed by atoms with van der Waals surface area (Å²) in [6, 6.07) is 4.34. The lowest BCUT2D eigenvalue weighted by Gasteiger charge is -2.42. The molecule has 28 heavy (non-hydrogen) atoms. The number of carbonyl (C=O) groups is 2. The average molecular weight is 398 g/mol. The van der Waals surface area contributed by atoms with Crippen molar-refractivity contribution < 1.29 is 27.5 Å². The van der Waals surface area contributed by atoms with E-state index >= 15 is 0 Å². The zero-order valence-corrected chi connectivity index (χ0v) is 16.1. The Kier molecular flexibility index (Phi) is 5.70. The molecule has 0 saturated carbocycles. The number of rotatable bonds is 3. The SMILES string of the molecule is COCC1CN(C(C)=O)CC12CCN(C(=O)c1ccc(C(F)(F)F)cc1)CC2. The van der Waals surface area contributed by atoms with Crippen LogP contribution in [0.25, 0.3) is 0 Å². The van der Waals surface area contributed by atoms with Crippen LogP contribution in [-0.2, 0) is 15.7 Å². The minimum Gasteiger partial charge on any atom is -0.384 e. The van der Waals surface area contributed by atoms with Crippen LogP contribution in [0.4, 0.5) is 13.2 Å². The number of methoxy groups -OCH3 is 1. The Balaban J connectivity index is 1.67. The van der Waals surface area contributed by atoms with Crippen molar-refractivity contribution in [1.29, 1.82) is 0 Å². The van der Waals surface area contributed by atoms with Gasteiger partial charge >= 0.3 is 6.18 Å². The predicted molar refractivity (Wildman–Crippen MR) is 96.6 cm³/mol. The minimum absolute atomic E-state index is 0.0428. The number of ether oxygens (including phenoxy) is 1. The fraction of sp³-hybridized carbons (Fsp3) is 0.600. The molecule has 0 radical (unpaired) electrons. The molecule has 0 N–H and O–H groups in total. The normalized spacial score (nSPS) is 22.0. The highest BCUT2D eigenvalue weighted by Gasteiger charge is 2.49. The first-order chi connectivity index (χ1) is 13.2. The van der Waals surface area contributed by atoms with E-state index in [0.29, 0.717) is 32.8 Å². The third kappa shape index (κ3) is 4.01. The number of carbonyl (C=O) groups excluding carboxylic acids is 2. The number of benzene rings is 1. The topological polar surface area (TPSA) is 49.9 Å². The van der Waals surface area contributed by atoms with Crippen molar-refractivity contribution in [3.63, 3.8) is 0 Å². The summed E-state index contributed by atoms with van der Waals surface area (Å²) < 4.78 is 43.5. The van der Waals surface area contributed by atoms with Crippen molar-refractivity contribution in [3.05, 3.63) is 35.4 Å². The minimum atomic E-state index is -4.42. The lowest BCUT2D eigenvalue weighted by atomic mass is 9.71. The number of hydrogen-bond acceptors (Lipinski definition) is 3. The molecule has 1 spiro atoms. The van der Waals surface area contributed by atoms with E-state index in [0.717, 1.165) is 25.0 Å². The van der Waals surface area contributed by atoms with Crippen LogP contribution < -0.4 is 0 Å². The fourth-order valence-corrected chi connectivity index (χ4v) is 4.41. The first-order valence-electron chi connectivity index (χ1n) is 9.37. The number of hydrogen-bond donors (Lipinski definition) is 0. The molecule has 5 nitrogen and oxygen atoms in total. The van der Waals surface area contributed by atoms with E-state index in [1.165, 1.54) is 12.1 Å². The summed E-state index contributed by atoms with van der Waals surface area (Å²) >= 11 is 0. The van der Waals surface area contributed by atoms with E-state index in [4.69, 9.17) is 4.74 Å². The first kappa shape index (κ1) is 20.6. The molecule has 3 rings (SSSR count). The van der Waals surface area contributed by atoms with Gasteiger partial charge in [-0.05, 0) is 42.5 Å². The number of likely N-dealkylation sites (tertiary alicyclic amines) is 2. The smallest absolute Gasteiger partial charge is 0.384 e. The first-order valence-corrected chi connectivity index (χ1v) is 9.37. The standard InChI is InChI=1S/C20H25F3N2O3/c1-14(26)25-11-17(12-28-2)19(13-25)7-9-24(10-8-19)18(27)15-3-5-16(6-4-15)20(21,22)23/h3-6,17H,7-13H2,1-2H3. The van der Waals surface area contributed by atoms with Gasteiger partial charge in [0.15, 0.2) is 0 Å². The van der Waals surface area contributed by atoms with Gasteiger partial charge in [-0.1, -0.05) is 0 Å². The van der Waals surface area contributed by atoms with Crippen molar-refractivity contribution in [2.45, 2.75) is 25.9 Å². The van der Waals surface area contributed by atoms with Crippen LogP contribution in [0.5, 0.6) is 0 Å². The molecule has 1 unspecified atom stereocenters. The number of nitrogens with zero attached hydrogens (tertiary/aromatic N) is 2. The summed E-state index contributed by atoms with van der Waals surface area (Å²) in [6.45, 7) is 4.50. The second kappa shape index (κ2) is 7.73. The highest BCUT2D eigenvalue weighted by Crippen LogP contribution is 2.45. The Labute approximate surface area is 162 Å². The lowest BCUT2D eigenvalue weighted by molar-refractivity contribution is -0.137. The molecular weight excluding hydrogens is 373 g/mol. The zero-order chi connectivity index (χ0) is 20.5. The quantitative estimate of drug-likeness (QED) is 0.787. The van der Waals surface area contributed by atoms with E-state index in [1.54, 1.807) is 18.9 Å². The maximum absolute atomic E-state index is 12.7. The fourth-order valence-electron chi connectivity index (χ4n) is 4.41. The van der Waals surface area contributed by atoms with Gasteiger partial charge in [-0.3, -0.25) is 9.59 Å². The summed E-state index contributed by atoms with van der Waals surface area (Å²) in [5.74, 6) is 0.0132. The molecule has 0 bridgehead atoms. The molecule has 154 valence electrons. The van der Waals surface area contributed by atoms with Gasteiger partial charge in [0, 0.05) is 51.7 Å². The molecule has 0 aromatic heterocycles. The third-order valence-corrected chi connectivity index (χ3v) is 6.13. The van der Waals surface area contributed by atoms with Crippen LogP contribution in [-0.4, -0.2) is 61.5 Å². The Hall–Kier alpha value is -2.09. The van der Waals surface area contributed by atoms with Gasteiger partial charge in [0.1, 0.15) is 0 Å². The van der Waals surface area contributed by atoms with Crippen molar-refractivity contribution in [2.24, 2.45) is 11.3 Å². The molecule has 2 amide bonds. The van der Waals surface area contributed by atoms with Gasteiger partial charge in [0.05, 0.1) is 12.2 Å². The van der Waals surface area contributed by atoms with Crippen LogP contribution in [0, 0.1) is 11.3 Å². The van der Waals surface area contributed by atoms with Crippen molar-refractivity contribution in [1.82, 2.24) is 9.80 Å². The number of alkyl halides is 3. The molecule has 8 heteroatoms. The highest BCUT2D eigenvalue weighted by atomic mass is 19.4. The Bertz CT molecular complexity index is 725. The zero-order valence-electron chi connectivity index (χ0n) is 16.1. The predicted octanol–water partition coefficient (Wildman–Crippen LogP) is 3.05. The second-order valence-electron chi connectivity index (χ2n) is 7.78. The largest absolute Gasteiger partial charge is 0.416 e. The van der Waals surface area contributed by atoms with Gasteiger partial charge in [0.25, 0.3) is 5.91 Å². The molecular formula is C20H25F3N2O3. The number of amides is 2. The van der Waals surface area contributed by atoms with Crippen molar-refractivity contribution >= 4 is 11.8 Å². The Morgan fingerprint density at radius 1 is 1.14 bits per heavy atom. The van der Waals surface area contributed by atoms with E-state index in [9.17, 15) is 22.8 Å². The molecule has 2 heterocycles. The molecule has 1 aromatic carbocycles. The van der Waals surface area contributed by atoms with Gasteiger partial charge in [-0.15, -0.1) is 0 Å². The summed E-state index contributed by atoms with van der Waals surface area (Å²) in [5.41, 5.74) is -0.577. The molecule has 1 aromatic rings. The summed E-state index contributed by atoms with van der Waals surface area (Å²) in [7, 11) is 1.65. The van der Waals surface area contributed by atoms with Crippen LogP contribution in [0.2, 0.25) is 0 Å². The van der Waals surface area contributed by atoms with E-state index in [1.807, 2.05) is 4.90 Å². The monoisotopic (exact) mass is 398 g/mol. The maximum Gasteiger partial charge on any atom is 0.416 e. The molecule has 2 aliphatic heterocycles. The molecule has 2 fully saturated rings. The highest BCUT2D eigenvalue weighted by molar-refractivity contribution is 5.94. The number of piperidine rings is 1. The summed E-state index contributed by atoms with van der Waals surface area (Å²) in [4.78, 5) is 28.1. The van der Waals surface area contributed by atoms with Gasteiger partial charge < -0.3 is 14.5 Å². The van der Waals surface area contributed by atoms with Crippen LogP contribution in [0.3, 0.4) is 0 Å². The Morgan fingerprint density at radius 2 is 1.75 bits per heavy atom. The lowest BCUT2D eigenvalue weighted by Crippen LogP contribution is -2.47. The average Bonchev–Trinajstić information content (AvgIpc) is 3.00. The maximum atomic E-state index is 12.7. The van der Waals surface area contributed by atoms with E-state index in [2.05, 4.69) is 0 Å². The van der Waals surface area contributed by atoms with Crippen LogP contribution >= 0.6 is 0 Å². The van der Waals surface area contributed by atoms with E-state index in [-0.39, 0.29) is 28.7 Å². The van der Waals surface area contributed by atoms with Crippen molar-refractivity contribution in [2.75, 3.05) is 39.9 Å². The summed E-state index contributed by atoms with van der Waals surface area (Å²) in [6.07, 6.45) is -2.92. The molecule has 0 aliphatic carbocycles. The van der Waals surface area contributed by atoms with Gasteiger partial charge in [-0.2, -0.15) is 13.2 Å². The second-order valence-corrected chi connectivity index (χ2v) is 7.78. The van der Waals surface area contributed by atoms with Crippen LogP contribution in [0.15, 0.2) is 24.3 Å². The molecule has 1 atom stereocenters. The van der Waals surface area contributed by atoms with E-state index < -0.39 is 11.7 Å². The molecule has 2 saturated heterocycles.